The van der Waals surface area contributed by atoms with Crippen LogP contribution in [0.5, 0.6) is 0 Å². The minimum absolute atomic E-state index is 0.163. The van der Waals surface area contributed by atoms with Gasteiger partial charge in [-0.05, 0) is 6.42 Å². The second-order valence-electron chi connectivity index (χ2n) is 4.78. The number of ether oxygens (including phenoxy) is 1. The second kappa shape index (κ2) is 6.31. The van der Waals surface area contributed by atoms with Gasteiger partial charge in [0.2, 0.25) is 0 Å². The Morgan fingerprint density at radius 1 is 1.35 bits per heavy atom. The summed E-state index contributed by atoms with van der Waals surface area (Å²) in [4.78, 5) is 2.26. The summed E-state index contributed by atoms with van der Waals surface area (Å²) in [5.41, 5.74) is 6.09. The van der Waals surface area contributed by atoms with Gasteiger partial charge in [0.15, 0.2) is 0 Å². The van der Waals surface area contributed by atoms with E-state index in [9.17, 15) is 5.11 Å². The van der Waals surface area contributed by atoms with E-state index < -0.39 is 6.10 Å². The predicted octanol–water partition coefficient (Wildman–Crippen LogP) is 0.139. The Morgan fingerprint density at radius 3 is 2.76 bits per heavy atom. The van der Waals surface area contributed by atoms with Gasteiger partial charge in [0.25, 0.3) is 0 Å². The Balaban J connectivity index is 1.79. The quantitative estimate of drug-likeness (QED) is 0.731. The topological polar surface area (TPSA) is 58.7 Å². The van der Waals surface area contributed by atoms with E-state index in [1.54, 1.807) is 0 Å². The molecule has 1 fully saturated rings. The molecule has 0 bridgehead atoms. The van der Waals surface area contributed by atoms with Crippen molar-refractivity contribution >= 4 is 0 Å². The van der Waals surface area contributed by atoms with Crippen molar-refractivity contribution in [2.24, 2.45) is 11.7 Å². The van der Waals surface area contributed by atoms with Crippen molar-refractivity contribution in [3.8, 4) is 0 Å². The number of hydrogen-bond acceptors (Lipinski definition) is 4. The van der Waals surface area contributed by atoms with Crippen LogP contribution in [0, 0.1) is 5.92 Å². The fourth-order valence-corrected chi connectivity index (χ4v) is 2.36. The van der Waals surface area contributed by atoms with E-state index >= 15 is 0 Å². The molecule has 0 amide bonds. The Morgan fingerprint density at radius 2 is 2.12 bits per heavy atom. The first-order chi connectivity index (χ1) is 8.27. The monoisotopic (exact) mass is 238 g/mol. The van der Waals surface area contributed by atoms with Gasteiger partial charge < -0.3 is 15.6 Å². The van der Waals surface area contributed by atoms with E-state index in [0.717, 1.165) is 39.3 Å². The highest BCUT2D eigenvalue weighted by Gasteiger charge is 2.25. The fourth-order valence-electron chi connectivity index (χ4n) is 2.36. The van der Waals surface area contributed by atoms with Crippen LogP contribution >= 0.6 is 0 Å². The maximum Gasteiger partial charge on any atom is 0.0769 e. The average molecular weight is 238 g/mol. The molecule has 2 aliphatic rings. The SMILES string of the molecule is NC(CN1CCOCC1)C(O)C1C=CC=CC1. The molecule has 3 N–H and O–H groups in total. The van der Waals surface area contributed by atoms with E-state index in [0.29, 0.717) is 0 Å². The van der Waals surface area contributed by atoms with Gasteiger partial charge in [-0.1, -0.05) is 24.3 Å². The summed E-state index contributed by atoms with van der Waals surface area (Å²) in [6.07, 6.45) is 8.54. The molecule has 2 rings (SSSR count). The summed E-state index contributed by atoms with van der Waals surface area (Å²) in [7, 11) is 0. The molecular formula is C13H22N2O2. The molecular weight excluding hydrogens is 216 g/mol. The van der Waals surface area contributed by atoms with Crippen molar-refractivity contribution in [2.75, 3.05) is 32.8 Å². The largest absolute Gasteiger partial charge is 0.391 e. The van der Waals surface area contributed by atoms with E-state index in [2.05, 4.69) is 11.0 Å². The smallest absolute Gasteiger partial charge is 0.0769 e. The molecule has 17 heavy (non-hydrogen) atoms. The lowest BCUT2D eigenvalue weighted by molar-refractivity contribution is 0.0198. The molecule has 1 aliphatic heterocycles. The average Bonchev–Trinajstić information content (AvgIpc) is 2.40. The molecule has 0 saturated carbocycles. The lowest BCUT2D eigenvalue weighted by Gasteiger charge is -2.32. The Bertz CT molecular complexity index is 285. The standard InChI is InChI=1S/C13H22N2O2/c14-12(10-15-6-8-17-9-7-15)13(16)11-4-2-1-3-5-11/h1-4,11-13,16H,5-10,14H2. The van der Waals surface area contributed by atoms with Gasteiger partial charge >= 0.3 is 0 Å². The Hall–Kier alpha value is -0.680. The molecule has 1 heterocycles. The lowest BCUT2D eigenvalue weighted by Crippen LogP contribution is -2.50. The highest BCUT2D eigenvalue weighted by atomic mass is 16.5. The van der Waals surface area contributed by atoms with Crippen molar-refractivity contribution in [1.29, 1.82) is 0 Å². The van der Waals surface area contributed by atoms with Gasteiger partial charge in [0, 0.05) is 31.6 Å². The molecule has 3 unspecified atom stereocenters. The molecule has 4 nitrogen and oxygen atoms in total. The first-order valence-electron chi connectivity index (χ1n) is 6.34. The predicted molar refractivity (Wildman–Crippen MR) is 67.6 cm³/mol. The second-order valence-corrected chi connectivity index (χ2v) is 4.78. The number of rotatable bonds is 4. The van der Waals surface area contributed by atoms with Gasteiger partial charge in [0.05, 0.1) is 19.3 Å². The Labute approximate surface area is 103 Å². The number of morpholine rings is 1. The van der Waals surface area contributed by atoms with E-state index in [1.807, 2.05) is 18.2 Å². The molecule has 0 spiro atoms. The summed E-state index contributed by atoms with van der Waals surface area (Å²) >= 11 is 0. The number of allylic oxidation sites excluding steroid dienone is 3. The number of nitrogens with zero attached hydrogens (tertiary/aromatic N) is 1. The summed E-state index contributed by atoms with van der Waals surface area (Å²) in [5, 5.41) is 10.2. The van der Waals surface area contributed by atoms with Gasteiger partial charge in [0.1, 0.15) is 0 Å². The Kier molecular flexibility index (Phi) is 4.74. The number of aliphatic hydroxyl groups excluding tert-OH is 1. The van der Waals surface area contributed by atoms with Crippen LogP contribution in [-0.4, -0.2) is 55.0 Å². The summed E-state index contributed by atoms with van der Waals surface area (Å²) in [6, 6.07) is -0.186. The van der Waals surface area contributed by atoms with Crippen LogP contribution in [0.4, 0.5) is 0 Å². The highest BCUT2D eigenvalue weighted by molar-refractivity contribution is 5.12. The minimum atomic E-state index is -0.459. The molecule has 1 saturated heterocycles. The lowest BCUT2D eigenvalue weighted by atomic mass is 9.90. The summed E-state index contributed by atoms with van der Waals surface area (Å²) in [5.74, 6) is 0.163. The molecule has 0 aromatic heterocycles. The van der Waals surface area contributed by atoms with Crippen LogP contribution in [0.15, 0.2) is 24.3 Å². The van der Waals surface area contributed by atoms with Gasteiger partial charge in [-0.2, -0.15) is 0 Å². The van der Waals surface area contributed by atoms with Crippen LogP contribution in [0.3, 0.4) is 0 Å². The van der Waals surface area contributed by atoms with Crippen LogP contribution in [0.25, 0.3) is 0 Å². The first kappa shape index (κ1) is 12.8. The maximum atomic E-state index is 10.2. The van der Waals surface area contributed by atoms with Gasteiger partial charge in [-0.3, -0.25) is 4.90 Å². The first-order valence-corrected chi connectivity index (χ1v) is 6.34. The third-order valence-electron chi connectivity index (χ3n) is 3.46. The molecule has 1 aliphatic carbocycles. The third kappa shape index (κ3) is 3.64. The van der Waals surface area contributed by atoms with Crippen molar-refractivity contribution in [3.05, 3.63) is 24.3 Å². The number of hydrogen-bond donors (Lipinski definition) is 2. The van der Waals surface area contributed by atoms with Crippen LogP contribution < -0.4 is 5.73 Å². The summed E-state index contributed by atoms with van der Waals surface area (Å²) < 4.78 is 5.29. The van der Waals surface area contributed by atoms with Crippen molar-refractivity contribution in [2.45, 2.75) is 18.6 Å². The number of nitrogens with two attached hydrogens (primary N) is 1. The zero-order valence-electron chi connectivity index (χ0n) is 10.2. The number of aliphatic hydroxyl groups is 1. The van der Waals surface area contributed by atoms with Crippen LogP contribution in [0.2, 0.25) is 0 Å². The molecule has 0 aromatic carbocycles. The molecule has 0 radical (unpaired) electrons. The molecule has 4 heteroatoms. The molecule has 96 valence electrons. The van der Waals surface area contributed by atoms with E-state index in [4.69, 9.17) is 10.5 Å². The zero-order chi connectivity index (χ0) is 12.1. The van der Waals surface area contributed by atoms with Crippen molar-refractivity contribution in [3.63, 3.8) is 0 Å². The minimum Gasteiger partial charge on any atom is -0.391 e. The fraction of sp³-hybridized carbons (Fsp3) is 0.692. The van der Waals surface area contributed by atoms with Crippen molar-refractivity contribution < 1.29 is 9.84 Å². The molecule has 3 atom stereocenters. The normalized spacial score (nSPS) is 29.2. The maximum absolute atomic E-state index is 10.2. The van der Waals surface area contributed by atoms with E-state index in [1.165, 1.54) is 0 Å². The highest BCUT2D eigenvalue weighted by Crippen LogP contribution is 2.18. The van der Waals surface area contributed by atoms with Gasteiger partial charge in [-0.15, -0.1) is 0 Å². The summed E-state index contributed by atoms with van der Waals surface area (Å²) in [6.45, 7) is 4.13. The third-order valence-corrected chi connectivity index (χ3v) is 3.46. The van der Waals surface area contributed by atoms with Crippen LogP contribution in [-0.2, 0) is 4.74 Å². The molecule has 0 aromatic rings. The zero-order valence-corrected chi connectivity index (χ0v) is 10.2. The van der Waals surface area contributed by atoms with Crippen molar-refractivity contribution in [1.82, 2.24) is 4.90 Å². The van der Waals surface area contributed by atoms with Gasteiger partial charge in [-0.25, -0.2) is 0 Å². The van der Waals surface area contributed by atoms with E-state index in [-0.39, 0.29) is 12.0 Å². The van der Waals surface area contributed by atoms with Crippen LogP contribution in [0.1, 0.15) is 6.42 Å².